The molecule has 5 N–H and O–H groups in total. The van der Waals surface area contributed by atoms with Crippen molar-refractivity contribution in [2.75, 3.05) is 18.5 Å². The number of fused-ring (bicyclic) bond motifs is 2. The molecule has 0 spiro atoms. The van der Waals surface area contributed by atoms with Crippen LogP contribution in [0.1, 0.15) is 77.5 Å². The summed E-state index contributed by atoms with van der Waals surface area (Å²) in [5.41, 5.74) is 14.7. The number of rotatable bonds is 3. The summed E-state index contributed by atoms with van der Waals surface area (Å²) in [6, 6.07) is 14.7. The van der Waals surface area contributed by atoms with Crippen LogP contribution in [-0.4, -0.2) is 30.9 Å². The number of para-hydroxylation sites is 1. The van der Waals surface area contributed by atoms with E-state index in [0.29, 0.717) is 6.42 Å². The highest BCUT2D eigenvalue weighted by molar-refractivity contribution is 5.95. The molecule has 3 aromatic rings. The molecule has 0 radical (unpaired) electrons. The van der Waals surface area contributed by atoms with Crippen LogP contribution >= 0.6 is 0 Å². The lowest BCUT2D eigenvalue weighted by molar-refractivity contribution is -0.118. The number of carbonyl (C=O) groups excluding carboxylic acids is 2. The number of aromatic amines is 1. The van der Waals surface area contributed by atoms with Gasteiger partial charge in [0.25, 0.3) is 0 Å². The van der Waals surface area contributed by atoms with Crippen LogP contribution in [0.15, 0.2) is 48.7 Å². The van der Waals surface area contributed by atoms with E-state index in [9.17, 15) is 4.79 Å². The fourth-order valence-electron chi connectivity index (χ4n) is 3.70. The van der Waals surface area contributed by atoms with Crippen molar-refractivity contribution in [3.8, 4) is 0 Å². The predicted molar refractivity (Wildman–Crippen MR) is 157 cm³/mol. The number of aromatic nitrogens is 1. The topological polar surface area (TPSA) is 105 Å². The summed E-state index contributed by atoms with van der Waals surface area (Å²) in [6.07, 6.45) is 6.99. The van der Waals surface area contributed by atoms with Crippen molar-refractivity contribution >= 4 is 28.9 Å². The maximum atomic E-state index is 12.8. The quantitative estimate of drug-likeness (QED) is 0.357. The Morgan fingerprint density at radius 1 is 1.06 bits per heavy atom. The highest BCUT2D eigenvalue weighted by Crippen LogP contribution is 2.29. The zero-order chi connectivity index (χ0) is 27.9. The standard InChI is InChI=1S/C21H22N2O.C3H8.2C2H6.CH3NO.CH5N/c1-15-8-10-20-16(13-15)5-4-12-23(20)21(24)11-9-17-14-22-19-7-3-2-6-18(17)19;1-3-2;2*1-2;2-1-3;1-2/h2-3,6-8,10,13-14,22H,4-5,9,11-12H2,1H3;3H2,1-2H3;2*1-2H3;1H,(H2,2,3);2H2,1H3. The number of hydrogen-bond acceptors (Lipinski definition) is 3. The summed E-state index contributed by atoms with van der Waals surface area (Å²) < 4.78 is 0. The number of amides is 2. The van der Waals surface area contributed by atoms with Crippen molar-refractivity contribution < 1.29 is 9.59 Å². The molecule has 0 aliphatic carbocycles. The van der Waals surface area contributed by atoms with Gasteiger partial charge < -0.3 is 21.4 Å². The molecular weight excluding hydrogens is 448 g/mol. The van der Waals surface area contributed by atoms with Crippen LogP contribution in [0.5, 0.6) is 0 Å². The van der Waals surface area contributed by atoms with Crippen LogP contribution in [0.3, 0.4) is 0 Å². The summed E-state index contributed by atoms with van der Waals surface area (Å²) in [5, 5.41) is 1.22. The third-order valence-electron chi connectivity index (χ3n) is 4.94. The van der Waals surface area contributed by atoms with E-state index in [-0.39, 0.29) is 12.3 Å². The number of nitrogens with two attached hydrogens (primary N) is 2. The number of carbonyl (C=O) groups is 2. The number of hydrogen-bond donors (Lipinski definition) is 3. The van der Waals surface area contributed by atoms with Crippen molar-refractivity contribution in [2.24, 2.45) is 11.5 Å². The van der Waals surface area contributed by atoms with Crippen molar-refractivity contribution in [3.05, 3.63) is 65.4 Å². The van der Waals surface area contributed by atoms with Gasteiger partial charge in [0, 0.05) is 35.8 Å². The first-order chi connectivity index (χ1) is 17.5. The summed E-state index contributed by atoms with van der Waals surface area (Å²) in [5.74, 6) is 0.227. The molecule has 1 aromatic heterocycles. The van der Waals surface area contributed by atoms with Gasteiger partial charge in [0.2, 0.25) is 12.3 Å². The van der Waals surface area contributed by atoms with Crippen LogP contribution in [0.25, 0.3) is 10.9 Å². The van der Waals surface area contributed by atoms with E-state index in [4.69, 9.17) is 4.79 Å². The Labute approximate surface area is 219 Å². The Morgan fingerprint density at radius 3 is 2.25 bits per heavy atom. The molecule has 1 aliphatic rings. The minimum Gasteiger partial charge on any atom is -0.372 e. The fourth-order valence-corrected chi connectivity index (χ4v) is 3.70. The first kappa shape index (κ1) is 35.0. The lowest BCUT2D eigenvalue weighted by Gasteiger charge is -2.30. The largest absolute Gasteiger partial charge is 0.372 e. The molecule has 202 valence electrons. The smallest absolute Gasteiger partial charge is 0.227 e. The number of anilines is 1. The molecule has 36 heavy (non-hydrogen) atoms. The molecule has 0 saturated carbocycles. The maximum Gasteiger partial charge on any atom is 0.227 e. The number of aryl methyl sites for hydroxylation is 3. The van der Waals surface area contributed by atoms with Gasteiger partial charge in [-0.05, 0) is 56.5 Å². The summed E-state index contributed by atoms with van der Waals surface area (Å²) in [4.78, 5) is 26.6. The average molecular weight is 499 g/mol. The van der Waals surface area contributed by atoms with Gasteiger partial charge in [0.05, 0.1) is 0 Å². The van der Waals surface area contributed by atoms with E-state index in [2.05, 4.69) is 67.6 Å². The molecule has 2 aromatic carbocycles. The van der Waals surface area contributed by atoms with Crippen LogP contribution in [0.4, 0.5) is 5.69 Å². The molecule has 0 unspecified atom stereocenters. The second kappa shape index (κ2) is 22.4. The molecule has 6 nitrogen and oxygen atoms in total. The van der Waals surface area contributed by atoms with E-state index < -0.39 is 0 Å². The number of primary amides is 1. The molecule has 1 aliphatic heterocycles. The van der Waals surface area contributed by atoms with E-state index in [1.54, 1.807) is 0 Å². The van der Waals surface area contributed by atoms with E-state index in [1.807, 2.05) is 50.9 Å². The molecule has 0 fully saturated rings. The Hall–Kier alpha value is -3.12. The lowest BCUT2D eigenvalue weighted by atomic mass is 9.99. The Balaban J connectivity index is 0. The summed E-state index contributed by atoms with van der Waals surface area (Å²) in [6.45, 7) is 15.2. The van der Waals surface area contributed by atoms with Gasteiger partial charge in [-0.3, -0.25) is 9.59 Å². The van der Waals surface area contributed by atoms with Crippen LogP contribution in [0.2, 0.25) is 0 Å². The molecule has 0 saturated heterocycles. The second-order valence-corrected chi connectivity index (χ2v) is 7.48. The second-order valence-electron chi connectivity index (χ2n) is 7.48. The normalized spacial score (nSPS) is 10.6. The Kier molecular flexibility index (Phi) is 21.8. The molecular formula is C30H50N4O2. The van der Waals surface area contributed by atoms with Crippen molar-refractivity contribution in [2.45, 2.75) is 80.6 Å². The van der Waals surface area contributed by atoms with Crippen LogP contribution in [0, 0.1) is 6.92 Å². The maximum absolute atomic E-state index is 12.8. The van der Waals surface area contributed by atoms with Gasteiger partial charge in [-0.15, -0.1) is 0 Å². The van der Waals surface area contributed by atoms with E-state index in [1.165, 1.54) is 35.5 Å². The molecule has 2 heterocycles. The van der Waals surface area contributed by atoms with Crippen LogP contribution < -0.4 is 16.4 Å². The first-order valence-electron chi connectivity index (χ1n) is 13.2. The summed E-state index contributed by atoms with van der Waals surface area (Å²) >= 11 is 0. The Morgan fingerprint density at radius 2 is 1.64 bits per heavy atom. The van der Waals surface area contributed by atoms with Gasteiger partial charge in [-0.25, -0.2) is 0 Å². The molecule has 4 rings (SSSR count). The number of nitrogens with zero attached hydrogens (tertiary/aromatic N) is 1. The molecule has 0 atom stereocenters. The minimum atomic E-state index is 0.227. The van der Waals surface area contributed by atoms with E-state index >= 15 is 0 Å². The monoisotopic (exact) mass is 498 g/mol. The molecule has 6 heteroatoms. The number of H-pyrrole nitrogens is 1. The van der Waals surface area contributed by atoms with Gasteiger partial charge in [0.1, 0.15) is 0 Å². The van der Waals surface area contributed by atoms with Crippen molar-refractivity contribution in [1.82, 2.24) is 4.98 Å². The number of benzene rings is 2. The highest BCUT2D eigenvalue weighted by atomic mass is 16.2. The summed E-state index contributed by atoms with van der Waals surface area (Å²) in [7, 11) is 1.50. The average Bonchev–Trinajstić information content (AvgIpc) is 3.34. The highest BCUT2D eigenvalue weighted by Gasteiger charge is 2.22. The van der Waals surface area contributed by atoms with Crippen molar-refractivity contribution in [3.63, 3.8) is 0 Å². The minimum absolute atomic E-state index is 0.227. The molecule has 0 bridgehead atoms. The van der Waals surface area contributed by atoms with Gasteiger partial charge in [0.15, 0.2) is 0 Å². The fraction of sp³-hybridized carbons (Fsp3) is 0.467. The zero-order valence-corrected chi connectivity index (χ0v) is 23.9. The third-order valence-corrected chi connectivity index (χ3v) is 4.94. The van der Waals surface area contributed by atoms with Gasteiger partial charge in [-0.1, -0.05) is 83.9 Å². The van der Waals surface area contributed by atoms with Crippen LogP contribution in [-0.2, 0) is 22.4 Å². The predicted octanol–water partition coefficient (Wildman–Crippen LogP) is 6.53. The van der Waals surface area contributed by atoms with Crippen molar-refractivity contribution in [1.29, 1.82) is 0 Å². The SMILES string of the molecule is CC.CC.CCC.CN.Cc1ccc2c(c1)CCCN2C(=O)CCc1c[nH]c2ccccc12.NC=O. The lowest BCUT2D eigenvalue weighted by Crippen LogP contribution is -2.35. The Bertz CT molecular complexity index is 966. The van der Waals surface area contributed by atoms with E-state index in [0.717, 1.165) is 37.0 Å². The first-order valence-corrected chi connectivity index (χ1v) is 13.2. The van der Waals surface area contributed by atoms with Gasteiger partial charge in [-0.2, -0.15) is 0 Å². The molecule has 2 amide bonds. The third kappa shape index (κ3) is 11.5. The van der Waals surface area contributed by atoms with Gasteiger partial charge >= 0.3 is 0 Å². The zero-order valence-electron chi connectivity index (χ0n) is 23.9. The number of nitrogens with one attached hydrogen (secondary N) is 1.